The number of amides is 1. The predicted octanol–water partition coefficient (Wildman–Crippen LogP) is 2.30. The van der Waals surface area contributed by atoms with E-state index in [-0.39, 0.29) is 12.4 Å². The number of aryl methyl sites for hydroxylation is 1. The van der Waals surface area contributed by atoms with E-state index in [9.17, 15) is 4.79 Å². The first-order chi connectivity index (χ1) is 10.0. The van der Waals surface area contributed by atoms with Crippen LogP contribution in [0.2, 0.25) is 5.02 Å². The van der Waals surface area contributed by atoms with Gasteiger partial charge in [0.05, 0.1) is 5.56 Å². The van der Waals surface area contributed by atoms with Crippen molar-refractivity contribution in [2.45, 2.75) is 13.5 Å². The van der Waals surface area contributed by atoms with Gasteiger partial charge in [-0.15, -0.1) is 0 Å². The van der Waals surface area contributed by atoms with E-state index in [4.69, 9.17) is 31.9 Å². The first-order valence-electron chi connectivity index (χ1n) is 5.98. The number of nitrogens with one attached hydrogen (secondary N) is 1. The van der Waals surface area contributed by atoms with Gasteiger partial charge in [-0.2, -0.15) is 5.26 Å². The van der Waals surface area contributed by atoms with Crippen LogP contribution in [-0.2, 0) is 6.61 Å². The van der Waals surface area contributed by atoms with Gasteiger partial charge in [0.15, 0.2) is 5.76 Å². The van der Waals surface area contributed by atoms with E-state index in [2.05, 4.69) is 0 Å². The van der Waals surface area contributed by atoms with Crippen molar-refractivity contribution in [3.8, 4) is 11.8 Å². The van der Waals surface area contributed by atoms with Gasteiger partial charge in [0.25, 0.3) is 0 Å². The number of benzene rings is 1. The molecule has 21 heavy (non-hydrogen) atoms. The third kappa shape index (κ3) is 3.34. The topological polar surface area (TPSA) is 101 Å². The van der Waals surface area contributed by atoms with E-state index in [1.807, 2.05) is 11.5 Å². The Kier molecular flexibility index (Phi) is 4.48. The van der Waals surface area contributed by atoms with Crippen LogP contribution in [0, 0.1) is 18.3 Å². The van der Waals surface area contributed by atoms with Crippen LogP contribution in [0.1, 0.15) is 27.4 Å². The molecule has 0 unspecified atom stereocenters. The van der Waals surface area contributed by atoms with Gasteiger partial charge in [0, 0.05) is 16.7 Å². The average Bonchev–Trinajstić information content (AvgIpc) is 2.85. The Morgan fingerprint density at radius 3 is 2.95 bits per heavy atom. The lowest BCUT2D eigenvalue weighted by atomic mass is 10.2. The molecule has 0 aliphatic heterocycles. The van der Waals surface area contributed by atoms with Gasteiger partial charge in [-0.05, 0) is 25.1 Å². The van der Waals surface area contributed by atoms with E-state index in [1.54, 1.807) is 31.2 Å². The number of nitriles is 1. The molecule has 0 bridgehead atoms. The lowest BCUT2D eigenvalue weighted by Crippen LogP contribution is -2.30. The second-order valence-electron chi connectivity index (χ2n) is 4.24. The Morgan fingerprint density at radius 1 is 1.52 bits per heavy atom. The lowest BCUT2D eigenvalue weighted by Gasteiger charge is -2.06. The standard InChI is InChI=1S/C14H12ClN3O3/c1-8-4-11(21-13(8)14(19)18-17)7-20-12-5-10(15)3-2-9(12)6-16/h2-5H,7,17H2,1H3,(H,18,19). The normalized spacial score (nSPS) is 10.0. The number of hydrogen-bond acceptors (Lipinski definition) is 5. The van der Waals surface area contributed by atoms with Gasteiger partial charge in [0.1, 0.15) is 24.2 Å². The van der Waals surface area contributed by atoms with Crippen molar-refractivity contribution in [3.63, 3.8) is 0 Å². The van der Waals surface area contributed by atoms with Crippen molar-refractivity contribution in [3.05, 3.63) is 51.9 Å². The zero-order valence-corrected chi connectivity index (χ0v) is 11.9. The number of nitrogens with zero attached hydrogens (tertiary/aromatic N) is 1. The molecule has 1 heterocycles. The zero-order valence-electron chi connectivity index (χ0n) is 11.1. The summed E-state index contributed by atoms with van der Waals surface area (Å²) in [5.41, 5.74) is 3.01. The number of halogens is 1. The molecule has 1 aromatic carbocycles. The first kappa shape index (κ1) is 14.9. The number of furan rings is 1. The van der Waals surface area contributed by atoms with Crippen LogP contribution in [0.25, 0.3) is 0 Å². The number of rotatable bonds is 4. The largest absolute Gasteiger partial charge is 0.484 e. The summed E-state index contributed by atoms with van der Waals surface area (Å²) in [6.07, 6.45) is 0. The third-order valence-corrected chi connectivity index (χ3v) is 2.98. The van der Waals surface area contributed by atoms with E-state index in [1.165, 1.54) is 0 Å². The minimum atomic E-state index is -0.515. The summed E-state index contributed by atoms with van der Waals surface area (Å²) in [6, 6.07) is 8.39. The van der Waals surface area contributed by atoms with Crippen molar-refractivity contribution < 1.29 is 13.9 Å². The van der Waals surface area contributed by atoms with Crippen molar-refractivity contribution in [1.82, 2.24) is 5.43 Å². The van der Waals surface area contributed by atoms with Crippen LogP contribution in [0.4, 0.5) is 0 Å². The van der Waals surface area contributed by atoms with E-state index < -0.39 is 5.91 Å². The summed E-state index contributed by atoms with van der Waals surface area (Å²) in [6.45, 7) is 1.78. The van der Waals surface area contributed by atoms with Crippen molar-refractivity contribution in [2.24, 2.45) is 5.84 Å². The summed E-state index contributed by atoms with van der Waals surface area (Å²) >= 11 is 5.87. The molecule has 0 atom stereocenters. The molecule has 7 heteroatoms. The third-order valence-electron chi connectivity index (χ3n) is 2.74. The van der Waals surface area contributed by atoms with Crippen LogP contribution in [0.3, 0.4) is 0 Å². The molecular weight excluding hydrogens is 294 g/mol. The maximum Gasteiger partial charge on any atom is 0.301 e. The summed E-state index contributed by atoms with van der Waals surface area (Å²) < 4.78 is 10.9. The van der Waals surface area contributed by atoms with E-state index in [0.29, 0.717) is 27.7 Å². The number of carbonyl (C=O) groups excluding carboxylic acids is 1. The number of nitrogens with two attached hydrogens (primary N) is 1. The van der Waals surface area contributed by atoms with Crippen LogP contribution in [-0.4, -0.2) is 5.91 Å². The molecule has 1 amide bonds. The average molecular weight is 306 g/mol. The van der Waals surface area contributed by atoms with Crippen LogP contribution >= 0.6 is 11.6 Å². The van der Waals surface area contributed by atoms with Gasteiger partial charge >= 0.3 is 5.91 Å². The van der Waals surface area contributed by atoms with E-state index in [0.717, 1.165) is 0 Å². The zero-order chi connectivity index (χ0) is 15.4. The molecule has 2 rings (SSSR count). The highest BCUT2D eigenvalue weighted by molar-refractivity contribution is 6.30. The highest BCUT2D eigenvalue weighted by atomic mass is 35.5. The first-order valence-corrected chi connectivity index (χ1v) is 6.35. The predicted molar refractivity (Wildman–Crippen MR) is 75.6 cm³/mol. The fourth-order valence-electron chi connectivity index (χ4n) is 1.77. The summed E-state index contributed by atoms with van der Waals surface area (Å²) in [4.78, 5) is 11.4. The molecule has 2 aromatic rings. The number of hydrazine groups is 1. The molecule has 0 aliphatic rings. The second-order valence-corrected chi connectivity index (χ2v) is 4.68. The highest BCUT2D eigenvalue weighted by Gasteiger charge is 2.15. The lowest BCUT2D eigenvalue weighted by molar-refractivity contribution is 0.0921. The molecule has 108 valence electrons. The number of nitrogen functional groups attached to an aromatic ring is 1. The number of carbonyl (C=O) groups is 1. The second kappa shape index (κ2) is 6.31. The molecule has 0 radical (unpaired) electrons. The fraction of sp³-hybridized carbons (Fsp3) is 0.143. The Balaban J connectivity index is 2.16. The molecule has 0 saturated heterocycles. The van der Waals surface area contributed by atoms with Gasteiger partial charge in [-0.1, -0.05) is 11.6 Å². The van der Waals surface area contributed by atoms with Crippen LogP contribution in [0.15, 0.2) is 28.7 Å². The molecule has 3 N–H and O–H groups in total. The molecule has 0 spiro atoms. The van der Waals surface area contributed by atoms with Gasteiger partial charge in [0.2, 0.25) is 0 Å². The van der Waals surface area contributed by atoms with Gasteiger partial charge in [-0.25, -0.2) is 5.84 Å². The SMILES string of the molecule is Cc1cc(COc2cc(Cl)ccc2C#N)oc1C(=O)NN. The van der Waals surface area contributed by atoms with Gasteiger partial charge < -0.3 is 9.15 Å². The van der Waals surface area contributed by atoms with Gasteiger partial charge in [-0.3, -0.25) is 10.2 Å². The minimum Gasteiger partial charge on any atom is -0.484 e. The minimum absolute atomic E-state index is 0.0632. The maximum atomic E-state index is 11.4. The Hall–Kier alpha value is -2.49. The number of hydrogen-bond donors (Lipinski definition) is 2. The summed E-state index contributed by atoms with van der Waals surface area (Å²) in [5, 5.41) is 9.46. The quantitative estimate of drug-likeness (QED) is 0.512. The van der Waals surface area contributed by atoms with E-state index >= 15 is 0 Å². The smallest absolute Gasteiger partial charge is 0.301 e. The Bertz CT molecular complexity index is 719. The van der Waals surface area contributed by atoms with Crippen molar-refractivity contribution in [1.29, 1.82) is 5.26 Å². The fourth-order valence-corrected chi connectivity index (χ4v) is 1.93. The van der Waals surface area contributed by atoms with Crippen LogP contribution in [0.5, 0.6) is 5.75 Å². The van der Waals surface area contributed by atoms with Crippen molar-refractivity contribution >= 4 is 17.5 Å². The maximum absolute atomic E-state index is 11.4. The molecule has 0 saturated carbocycles. The Labute approximate surface area is 126 Å². The molecule has 0 fully saturated rings. The van der Waals surface area contributed by atoms with Crippen molar-refractivity contribution in [2.75, 3.05) is 0 Å². The molecule has 1 aromatic heterocycles. The molecule has 6 nitrogen and oxygen atoms in total. The van der Waals surface area contributed by atoms with Crippen LogP contribution < -0.4 is 16.0 Å². The monoisotopic (exact) mass is 305 g/mol. The molecular formula is C14H12ClN3O3. The Morgan fingerprint density at radius 2 is 2.29 bits per heavy atom. The summed E-state index contributed by atoms with van der Waals surface area (Å²) in [5.74, 6) is 5.46. The molecule has 0 aliphatic carbocycles. The summed E-state index contributed by atoms with van der Waals surface area (Å²) in [7, 11) is 0. The highest BCUT2D eigenvalue weighted by Crippen LogP contribution is 2.24. The number of ether oxygens (including phenoxy) is 1.